The Labute approximate surface area is 179 Å². The first-order valence-corrected chi connectivity index (χ1v) is 9.00. The fourth-order valence-electron chi connectivity index (χ4n) is 2.45. The molecule has 8 nitrogen and oxygen atoms in total. The summed E-state index contributed by atoms with van der Waals surface area (Å²) >= 11 is 11.9. The van der Waals surface area contributed by atoms with Crippen LogP contribution in [-0.4, -0.2) is 15.9 Å². The number of hydrogen-bond donors (Lipinski definition) is 2. The number of carbonyl (C=O) groups excluding carboxylic acids is 1. The molecule has 1 aromatic heterocycles. The van der Waals surface area contributed by atoms with E-state index in [4.69, 9.17) is 27.6 Å². The molecule has 0 saturated heterocycles. The molecule has 0 radical (unpaired) electrons. The number of halogens is 2. The van der Waals surface area contributed by atoms with Crippen molar-refractivity contribution in [2.24, 2.45) is 0 Å². The number of nitriles is 1. The first kappa shape index (κ1) is 20.9. The van der Waals surface area contributed by atoms with Gasteiger partial charge in [0.25, 0.3) is 11.6 Å². The van der Waals surface area contributed by atoms with Gasteiger partial charge < -0.3 is 14.8 Å². The van der Waals surface area contributed by atoms with Gasteiger partial charge in [-0.15, -0.1) is 0 Å². The molecule has 150 valence electrons. The van der Waals surface area contributed by atoms with Gasteiger partial charge in [-0.25, -0.2) is 0 Å². The fraction of sp³-hybridized carbons (Fsp3) is 0. The quantitative estimate of drug-likeness (QED) is 0.178. The highest BCUT2D eigenvalue weighted by Crippen LogP contribution is 2.31. The maximum atomic E-state index is 12.4. The highest BCUT2D eigenvalue weighted by molar-refractivity contribution is 6.42. The van der Waals surface area contributed by atoms with Crippen LogP contribution >= 0.6 is 23.2 Å². The summed E-state index contributed by atoms with van der Waals surface area (Å²) in [5.74, 6) is -0.648. The van der Waals surface area contributed by atoms with Crippen LogP contribution < -0.4 is 5.32 Å². The first-order valence-electron chi connectivity index (χ1n) is 8.24. The zero-order valence-electron chi connectivity index (χ0n) is 14.9. The van der Waals surface area contributed by atoms with Gasteiger partial charge >= 0.3 is 0 Å². The molecule has 30 heavy (non-hydrogen) atoms. The average Bonchev–Trinajstić information content (AvgIpc) is 3.18. The second-order valence-corrected chi connectivity index (χ2v) is 6.73. The van der Waals surface area contributed by atoms with Crippen molar-refractivity contribution in [1.82, 2.24) is 0 Å². The van der Waals surface area contributed by atoms with Crippen molar-refractivity contribution in [3.63, 3.8) is 0 Å². The third-order valence-electron chi connectivity index (χ3n) is 3.92. The lowest BCUT2D eigenvalue weighted by atomic mass is 10.2. The number of hydrogen-bond acceptors (Lipinski definition) is 6. The van der Waals surface area contributed by atoms with Crippen LogP contribution in [0.4, 0.5) is 11.4 Å². The number of phenolic OH excluding ortho intramolecular Hbond substituents is 1. The van der Waals surface area contributed by atoms with E-state index in [1.54, 1.807) is 36.4 Å². The molecule has 2 N–H and O–H groups in total. The van der Waals surface area contributed by atoms with Gasteiger partial charge in [0.2, 0.25) is 0 Å². The summed E-state index contributed by atoms with van der Waals surface area (Å²) in [4.78, 5) is 22.4. The molecule has 1 heterocycles. The number of non-ortho nitro benzene ring substituents is 1. The van der Waals surface area contributed by atoms with E-state index in [2.05, 4.69) is 5.32 Å². The number of aromatic hydroxyl groups is 1. The Morgan fingerprint density at radius 2 is 1.93 bits per heavy atom. The molecule has 0 aliphatic rings. The second kappa shape index (κ2) is 8.69. The zero-order chi connectivity index (χ0) is 21.8. The van der Waals surface area contributed by atoms with Gasteiger partial charge in [-0.1, -0.05) is 23.2 Å². The van der Waals surface area contributed by atoms with Crippen LogP contribution in [-0.2, 0) is 4.79 Å². The molecule has 1 amide bonds. The predicted octanol–water partition coefficient (Wildman–Crippen LogP) is 5.41. The molecule has 0 saturated carbocycles. The van der Waals surface area contributed by atoms with Gasteiger partial charge in [-0.2, -0.15) is 5.26 Å². The van der Waals surface area contributed by atoms with Gasteiger partial charge in [0.1, 0.15) is 28.9 Å². The van der Waals surface area contributed by atoms with E-state index in [1.807, 2.05) is 0 Å². The SMILES string of the molecule is N#C/C(=C\c1ccc(-c2ccc(Cl)c(Cl)c2)o1)C(=O)Nc1ccc([N+](=O)[O-])cc1O. The number of nitrogens with zero attached hydrogens (tertiary/aromatic N) is 2. The van der Waals surface area contributed by atoms with Crippen molar-refractivity contribution < 1.29 is 19.2 Å². The van der Waals surface area contributed by atoms with Crippen LogP contribution in [0, 0.1) is 21.4 Å². The smallest absolute Gasteiger partial charge is 0.273 e. The Balaban J connectivity index is 1.81. The van der Waals surface area contributed by atoms with E-state index in [-0.39, 0.29) is 22.7 Å². The third-order valence-corrected chi connectivity index (χ3v) is 4.66. The van der Waals surface area contributed by atoms with Crippen LogP contribution in [0.25, 0.3) is 17.4 Å². The molecule has 0 bridgehead atoms. The average molecular weight is 444 g/mol. The molecular weight excluding hydrogens is 433 g/mol. The summed E-state index contributed by atoms with van der Waals surface area (Å²) < 4.78 is 5.63. The highest BCUT2D eigenvalue weighted by Gasteiger charge is 2.16. The number of nitro benzene ring substituents is 1. The second-order valence-electron chi connectivity index (χ2n) is 5.91. The Morgan fingerprint density at radius 3 is 2.57 bits per heavy atom. The molecule has 0 unspecified atom stereocenters. The molecule has 3 rings (SSSR count). The number of phenols is 1. The van der Waals surface area contributed by atoms with Gasteiger partial charge in [0.05, 0.1) is 26.7 Å². The van der Waals surface area contributed by atoms with Gasteiger partial charge in [0, 0.05) is 17.7 Å². The maximum Gasteiger partial charge on any atom is 0.273 e. The number of benzene rings is 2. The molecule has 10 heteroatoms. The van der Waals surface area contributed by atoms with E-state index >= 15 is 0 Å². The zero-order valence-corrected chi connectivity index (χ0v) is 16.4. The predicted molar refractivity (Wildman–Crippen MR) is 111 cm³/mol. The van der Waals surface area contributed by atoms with Crippen LogP contribution in [0.1, 0.15) is 5.76 Å². The normalized spacial score (nSPS) is 11.0. The van der Waals surface area contributed by atoms with Crippen molar-refractivity contribution in [2.45, 2.75) is 0 Å². The maximum absolute atomic E-state index is 12.4. The van der Waals surface area contributed by atoms with Crippen LogP contribution in [0.2, 0.25) is 10.0 Å². The number of anilines is 1. The molecular formula is C20H11Cl2N3O5. The van der Waals surface area contributed by atoms with Crippen molar-refractivity contribution in [1.29, 1.82) is 5.26 Å². The van der Waals surface area contributed by atoms with Gasteiger partial charge in [0.15, 0.2) is 0 Å². The van der Waals surface area contributed by atoms with Crippen molar-refractivity contribution >= 4 is 46.6 Å². The molecule has 0 aliphatic heterocycles. The monoisotopic (exact) mass is 443 g/mol. The van der Waals surface area contributed by atoms with Crippen LogP contribution in [0.3, 0.4) is 0 Å². The van der Waals surface area contributed by atoms with Gasteiger partial charge in [-0.3, -0.25) is 14.9 Å². The molecule has 0 fully saturated rings. The number of carbonyl (C=O) groups is 1. The van der Waals surface area contributed by atoms with Crippen molar-refractivity contribution in [2.75, 3.05) is 5.32 Å². The van der Waals surface area contributed by atoms with E-state index in [0.29, 0.717) is 21.4 Å². The minimum Gasteiger partial charge on any atom is -0.506 e. The minimum atomic E-state index is -0.825. The largest absolute Gasteiger partial charge is 0.506 e. The van der Waals surface area contributed by atoms with Crippen LogP contribution in [0.5, 0.6) is 5.75 Å². The standard InChI is InChI=1S/C20H11Cl2N3O5/c21-15-4-1-11(8-16(15)22)19-6-3-14(30-19)7-12(10-23)20(27)24-17-5-2-13(25(28)29)9-18(17)26/h1-9,26H,(H,24,27)/b12-7+. The third kappa shape index (κ3) is 4.60. The first-order chi connectivity index (χ1) is 14.3. The van der Waals surface area contributed by atoms with Crippen molar-refractivity contribution in [3.05, 3.63) is 80.0 Å². The number of amides is 1. The summed E-state index contributed by atoms with van der Waals surface area (Å²) in [6.45, 7) is 0. The van der Waals surface area contributed by atoms with E-state index in [9.17, 15) is 25.3 Å². The lowest BCUT2D eigenvalue weighted by Gasteiger charge is -2.06. The number of nitrogens with one attached hydrogen (secondary N) is 1. The molecule has 0 aliphatic carbocycles. The summed E-state index contributed by atoms with van der Waals surface area (Å²) in [5, 5.41) is 32.9. The van der Waals surface area contributed by atoms with E-state index < -0.39 is 16.6 Å². The molecule has 3 aromatic rings. The topological polar surface area (TPSA) is 129 Å². The molecule has 0 atom stereocenters. The summed E-state index contributed by atoms with van der Waals surface area (Å²) in [6, 6.07) is 13.0. The Hall–Kier alpha value is -3.80. The molecule has 0 spiro atoms. The summed E-state index contributed by atoms with van der Waals surface area (Å²) in [5.41, 5.74) is -0.0692. The number of nitro groups is 1. The lowest BCUT2D eigenvalue weighted by molar-refractivity contribution is -0.384. The van der Waals surface area contributed by atoms with E-state index in [0.717, 1.165) is 18.2 Å². The fourth-order valence-corrected chi connectivity index (χ4v) is 2.75. The minimum absolute atomic E-state index is 0.0808. The van der Waals surface area contributed by atoms with Gasteiger partial charge in [-0.05, 0) is 36.4 Å². The summed E-state index contributed by atoms with van der Waals surface area (Å²) in [7, 11) is 0. The Morgan fingerprint density at radius 1 is 1.17 bits per heavy atom. The Kier molecular flexibility index (Phi) is 6.06. The van der Waals surface area contributed by atoms with Crippen LogP contribution in [0.15, 0.2) is 58.5 Å². The van der Waals surface area contributed by atoms with Crippen molar-refractivity contribution in [3.8, 4) is 23.1 Å². The molecule has 2 aromatic carbocycles. The number of furan rings is 1. The summed E-state index contributed by atoms with van der Waals surface area (Å²) in [6.07, 6.45) is 1.22. The lowest BCUT2D eigenvalue weighted by Crippen LogP contribution is -2.13. The number of rotatable bonds is 5. The Bertz CT molecular complexity index is 1230. The van der Waals surface area contributed by atoms with E-state index in [1.165, 1.54) is 6.08 Å². The highest BCUT2D eigenvalue weighted by atomic mass is 35.5.